The Morgan fingerprint density at radius 2 is 1.71 bits per heavy atom. The van der Waals surface area contributed by atoms with Crippen LogP contribution in [0.25, 0.3) is 0 Å². The average molecular weight is 265 g/mol. The van der Waals surface area contributed by atoms with Crippen molar-refractivity contribution in [3.8, 4) is 0 Å². The molecule has 0 aromatic carbocycles. The molecule has 17 heavy (non-hydrogen) atoms. The maximum atomic E-state index is 11.1. The van der Waals surface area contributed by atoms with E-state index in [-0.39, 0.29) is 24.5 Å². The summed E-state index contributed by atoms with van der Waals surface area (Å²) >= 11 is 0. The van der Waals surface area contributed by atoms with E-state index in [1.165, 1.54) is 14.0 Å². The lowest BCUT2D eigenvalue weighted by Gasteiger charge is -2.22. The van der Waals surface area contributed by atoms with Crippen LogP contribution < -0.4 is 0 Å². The molecule has 0 fully saturated rings. The number of esters is 1. The number of amides is 1. The van der Waals surface area contributed by atoms with E-state index < -0.39 is 7.51 Å². The zero-order chi connectivity index (χ0) is 13.3. The van der Waals surface area contributed by atoms with Gasteiger partial charge in [-0.2, -0.15) is 4.74 Å². The molecule has 0 heterocycles. The fourth-order valence-corrected chi connectivity index (χ4v) is 3.48. The highest BCUT2D eigenvalue weighted by molar-refractivity contribution is 7.56. The number of ether oxygens (including phenoxy) is 1. The largest absolute Gasteiger partial charge is 0.469 e. The minimum absolute atomic E-state index is 0.126. The van der Waals surface area contributed by atoms with Crippen LogP contribution in [0.3, 0.4) is 0 Å². The van der Waals surface area contributed by atoms with Crippen LogP contribution in [0.5, 0.6) is 0 Å². The van der Waals surface area contributed by atoms with Gasteiger partial charge in [-0.15, -0.1) is 0 Å². The molecule has 0 bridgehead atoms. The second-order valence-corrected chi connectivity index (χ2v) is 5.58. The zero-order valence-corrected chi connectivity index (χ0v) is 11.7. The van der Waals surface area contributed by atoms with Gasteiger partial charge in [0.1, 0.15) is 0 Å². The Morgan fingerprint density at radius 3 is 2.06 bits per heavy atom. The smallest absolute Gasteiger partial charge is 0.306 e. The number of hydrogen-bond acceptors (Lipinski definition) is 5. The van der Waals surface area contributed by atoms with Crippen molar-refractivity contribution in [3.63, 3.8) is 0 Å². The number of rotatable bonds is 7. The Bertz CT molecular complexity index is 306. The van der Waals surface area contributed by atoms with Crippen LogP contribution in [0.4, 0.5) is 0 Å². The first kappa shape index (κ1) is 16.3. The van der Waals surface area contributed by atoms with E-state index in [1.54, 1.807) is 13.8 Å². The minimum atomic E-state index is -2.64. The molecule has 0 saturated carbocycles. The number of carbonyl (C=O) groups excluding carboxylic acids is 2. The maximum absolute atomic E-state index is 11.1. The topological polar surface area (TPSA) is 74.2 Å². The maximum Gasteiger partial charge on any atom is 0.306 e. The Balaban J connectivity index is 4.90. The molecule has 0 aliphatic heterocycles. The quantitative estimate of drug-likeness (QED) is 0.521. The van der Waals surface area contributed by atoms with Crippen molar-refractivity contribution in [2.24, 2.45) is 4.74 Å². The third kappa shape index (κ3) is 6.56. The van der Waals surface area contributed by atoms with Gasteiger partial charge in [-0.1, -0.05) is 0 Å². The third-order valence-corrected chi connectivity index (χ3v) is 4.48. The van der Waals surface area contributed by atoms with Crippen molar-refractivity contribution in [1.29, 1.82) is 0 Å². The van der Waals surface area contributed by atoms with Crippen LogP contribution in [0.1, 0.15) is 27.2 Å². The van der Waals surface area contributed by atoms with E-state index >= 15 is 0 Å². The molecule has 0 saturated heterocycles. The fraction of sp³-hybridized carbons (Fsp3) is 0.800. The molecule has 1 amide bonds. The molecular formula is C10H20NO5P. The van der Waals surface area contributed by atoms with Gasteiger partial charge in [-0.3, -0.25) is 9.59 Å². The SMILES string of the molecule is CCOP(CCC(=O)OC)(=NC(C)=O)OCC. The molecular weight excluding hydrogens is 245 g/mol. The van der Waals surface area contributed by atoms with Crippen molar-refractivity contribution < 1.29 is 23.4 Å². The third-order valence-electron chi connectivity index (χ3n) is 1.78. The Hall–Kier alpha value is -0.710. The van der Waals surface area contributed by atoms with Gasteiger partial charge in [0, 0.05) is 13.1 Å². The van der Waals surface area contributed by atoms with Gasteiger partial charge >= 0.3 is 5.97 Å². The minimum Gasteiger partial charge on any atom is -0.469 e. The van der Waals surface area contributed by atoms with Gasteiger partial charge in [-0.05, 0) is 13.8 Å². The molecule has 0 atom stereocenters. The van der Waals surface area contributed by atoms with Crippen LogP contribution in [-0.2, 0) is 23.4 Å². The zero-order valence-electron chi connectivity index (χ0n) is 10.8. The highest BCUT2D eigenvalue weighted by Crippen LogP contribution is 2.52. The molecule has 0 unspecified atom stereocenters. The van der Waals surface area contributed by atoms with Crippen molar-refractivity contribution >= 4 is 19.4 Å². The molecule has 0 aliphatic rings. The summed E-state index contributed by atoms with van der Waals surface area (Å²) < 4.78 is 19.4. The molecule has 6 nitrogen and oxygen atoms in total. The molecule has 0 aromatic rings. The van der Waals surface area contributed by atoms with Crippen molar-refractivity contribution in [2.75, 3.05) is 26.5 Å². The molecule has 0 aliphatic carbocycles. The molecule has 0 aromatic heterocycles. The van der Waals surface area contributed by atoms with Crippen LogP contribution >= 0.6 is 7.51 Å². The first-order valence-corrected chi connectivity index (χ1v) is 7.23. The van der Waals surface area contributed by atoms with E-state index in [0.717, 1.165) is 0 Å². The fourth-order valence-electron chi connectivity index (χ4n) is 1.23. The van der Waals surface area contributed by atoms with Gasteiger partial charge < -0.3 is 13.8 Å². The van der Waals surface area contributed by atoms with Crippen molar-refractivity contribution in [2.45, 2.75) is 27.2 Å². The molecule has 100 valence electrons. The van der Waals surface area contributed by atoms with Crippen LogP contribution in [-0.4, -0.2) is 38.4 Å². The first-order chi connectivity index (χ1) is 7.99. The number of nitrogens with zero attached hydrogens (tertiary/aromatic N) is 1. The lowest BCUT2D eigenvalue weighted by atomic mass is 10.5. The summed E-state index contributed by atoms with van der Waals surface area (Å²) in [6.45, 7) is 5.69. The molecule has 0 radical (unpaired) electrons. The highest BCUT2D eigenvalue weighted by Gasteiger charge is 2.23. The summed E-state index contributed by atoms with van der Waals surface area (Å²) in [5.41, 5.74) is 0. The molecule has 0 rings (SSSR count). The Morgan fingerprint density at radius 1 is 1.18 bits per heavy atom. The van der Waals surface area contributed by atoms with E-state index in [0.29, 0.717) is 13.2 Å². The summed E-state index contributed by atoms with van der Waals surface area (Å²) in [7, 11) is -1.33. The summed E-state index contributed by atoms with van der Waals surface area (Å²) in [5, 5.41) is 0. The van der Waals surface area contributed by atoms with Gasteiger partial charge in [-0.25, -0.2) is 0 Å². The van der Waals surface area contributed by atoms with Crippen molar-refractivity contribution in [1.82, 2.24) is 0 Å². The lowest BCUT2D eigenvalue weighted by molar-refractivity contribution is -0.140. The van der Waals surface area contributed by atoms with Gasteiger partial charge in [0.05, 0.1) is 26.7 Å². The van der Waals surface area contributed by atoms with E-state index in [9.17, 15) is 9.59 Å². The standard InChI is InChI=1S/C10H20NO5P/c1-5-15-17(16-6-2,11-9(3)12)8-7-10(13)14-4/h5-8H2,1-4H3. The summed E-state index contributed by atoms with van der Waals surface area (Å²) in [4.78, 5) is 22.2. The first-order valence-electron chi connectivity index (χ1n) is 5.47. The van der Waals surface area contributed by atoms with Gasteiger partial charge in [0.15, 0.2) is 0 Å². The molecule has 7 heteroatoms. The lowest BCUT2D eigenvalue weighted by Crippen LogP contribution is -2.08. The second-order valence-electron chi connectivity index (χ2n) is 3.14. The normalized spacial score (nSPS) is 11.1. The van der Waals surface area contributed by atoms with Crippen LogP contribution in [0, 0.1) is 0 Å². The van der Waals surface area contributed by atoms with Crippen LogP contribution in [0.15, 0.2) is 4.74 Å². The number of hydrogen-bond donors (Lipinski definition) is 0. The number of methoxy groups -OCH3 is 1. The summed E-state index contributed by atoms with van der Waals surface area (Å²) in [6, 6.07) is 0. The predicted octanol–water partition coefficient (Wildman–Crippen LogP) is 2.20. The predicted molar refractivity (Wildman–Crippen MR) is 64.8 cm³/mol. The van der Waals surface area contributed by atoms with Crippen LogP contribution in [0.2, 0.25) is 0 Å². The van der Waals surface area contributed by atoms with Crippen molar-refractivity contribution in [3.05, 3.63) is 0 Å². The molecule has 0 spiro atoms. The number of carbonyl (C=O) groups is 2. The average Bonchev–Trinajstić information content (AvgIpc) is 2.25. The van der Waals surface area contributed by atoms with E-state index in [2.05, 4.69) is 9.48 Å². The van der Waals surface area contributed by atoms with E-state index in [4.69, 9.17) is 9.05 Å². The molecule has 0 N–H and O–H groups in total. The summed E-state index contributed by atoms with van der Waals surface area (Å²) in [6.07, 6.45) is 0.391. The van der Waals surface area contributed by atoms with E-state index in [1.807, 2.05) is 0 Å². The summed E-state index contributed by atoms with van der Waals surface area (Å²) in [5.74, 6) is -0.724. The second kappa shape index (κ2) is 8.39. The monoisotopic (exact) mass is 265 g/mol. The Kier molecular flexibility index (Phi) is 8.04. The highest BCUT2D eigenvalue weighted by atomic mass is 31.2. The van der Waals surface area contributed by atoms with Gasteiger partial charge in [0.2, 0.25) is 13.4 Å². The van der Waals surface area contributed by atoms with Gasteiger partial charge in [0.25, 0.3) is 0 Å². The Labute approximate surface area is 102 Å².